The zero-order valence-electron chi connectivity index (χ0n) is 11.6. The average Bonchev–Trinajstić information content (AvgIpc) is 2.41. The molecule has 7 heteroatoms. The molecule has 2 N–H and O–H groups in total. The Labute approximate surface area is 124 Å². The zero-order valence-corrected chi connectivity index (χ0v) is 12.4. The van der Waals surface area contributed by atoms with Crippen LogP contribution in [0.2, 0.25) is 0 Å². The number of rotatable bonds is 7. The normalized spacial score (nSPS) is 15.9. The molecule has 116 valence electrons. The van der Waals surface area contributed by atoms with E-state index in [-0.39, 0.29) is 29.7 Å². The molecule has 1 aliphatic rings. The van der Waals surface area contributed by atoms with E-state index in [4.69, 9.17) is 10.2 Å². The van der Waals surface area contributed by atoms with Gasteiger partial charge in [0.05, 0.1) is 10.5 Å². The molecule has 0 aliphatic heterocycles. The molecule has 2 rings (SSSR count). The molecule has 0 bridgehead atoms. The Kier molecular flexibility index (Phi) is 4.97. The summed E-state index contributed by atoms with van der Waals surface area (Å²) >= 11 is 0. The Bertz CT molecular complexity index is 592. The predicted molar refractivity (Wildman–Crippen MR) is 76.6 cm³/mol. The minimum absolute atomic E-state index is 0.0132. The summed E-state index contributed by atoms with van der Waals surface area (Å²) < 4.78 is 26.7. The van der Waals surface area contributed by atoms with E-state index in [0.717, 1.165) is 19.3 Å². The summed E-state index contributed by atoms with van der Waals surface area (Å²) in [7, 11) is -3.65. The van der Waals surface area contributed by atoms with Gasteiger partial charge in [0.15, 0.2) is 0 Å². The fraction of sp³-hybridized carbons (Fsp3) is 0.500. The third-order valence-electron chi connectivity index (χ3n) is 3.73. The van der Waals surface area contributed by atoms with Crippen LogP contribution in [0.5, 0.6) is 0 Å². The van der Waals surface area contributed by atoms with Crippen LogP contribution < -0.4 is 0 Å². The number of aliphatic hydroxyl groups is 1. The Hall–Kier alpha value is -1.44. The van der Waals surface area contributed by atoms with Crippen molar-refractivity contribution in [2.45, 2.75) is 36.6 Å². The van der Waals surface area contributed by atoms with Gasteiger partial charge in [0, 0.05) is 19.2 Å². The topological polar surface area (TPSA) is 94.9 Å². The maximum absolute atomic E-state index is 12.7. The first-order valence-electron chi connectivity index (χ1n) is 6.93. The van der Waals surface area contributed by atoms with E-state index in [2.05, 4.69) is 0 Å². The van der Waals surface area contributed by atoms with Gasteiger partial charge in [0.25, 0.3) is 0 Å². The molecule has 0 aromatic heterocycles. The van der Waals surface area contributed by atoms with Crippen molar-refractivity contribution in [3.63, 3.8) is 0 Å². The summed E-state index contributed by atoms with van der Waals surface area (Å²) in [5.74, 6) is -1.09. The number of carboxylic acids is 1. The number of hydrogen-bond donors (Lipinski definition) is 2. The van der Waals surface area contributed by atoms with Gasteiger partial charge in [-0.1, -0.05) is 6.42 Å². The standard InChI is InChI=1S/C14H19NO5S/c16-10-2-9-15(12-3-1-4-12)21(19,20)13-7-5-11(6-8-13)14(17)18/h5-8,12,16H,1-4,9-10H2,(H,17,18). The summed E-state index contributed by atoms with van der Waals surface area (Å²) in [4.78, 5) is 10.9. The molecule has 0 unspecified atom stereocenters. The van der Waals surface area contributed by atoms with Crippen LogP contribution in [0.3, 0.4) is 0 Å². The highest BCUT2D eigenvalue weighted by Crippen LogP contribution is 2.30. The van der Waals surface area contributed by atoms with Crippen molar-refractivity contribution in [1.29, 1.82) is 0 Å². The maximum atomic E-state index is 12.7. The van der Waals surface area contributed by atoms with Crippen molar-refractivity contribution in [3.8, 4) is 0 Å². The molecule has 6 nitrogen and oxygen atoms in total. The van der Waals surface area contributed by atoms with Crippen molar-refractivity contribution in [3.05, 3.63) is 29.8 Å². The van der Waals surface area contributed by atoms with Gasteiger partial charge in [-0.15, -0.1) is 0 Å². The molecule has 1 aromatic carbocycles. The molecular formula is C14H19NO5S. The minimum atomic E-state index is -3.65. The monoisotopic (exact) mass is 313 g/mol. The fourth-order valence-corrected chi connectivity index (χ4v) is 4.03. The van der Waals surface area contributed by atoms with E-state index >= 15 is 0 Å². The molecule has 1 fully saturated rings. The Morgan fingerprint density at radius 3 is 2.29 bits per heavy atom. The van der Waals surface area contributed by atoms with Gasteiger partial charge < -0.3 is 10.2 Å². The molecule has 0 atom stereocenters. The number of nitrogens with zero attached hydrogens (tertiary/aromatic N) is 1. The Morgan fingerprint density at radius 1 is 1.24 bits per heavy atom. The smallest absolute Gasteiger partial charge is 0.335 e. The van der Waals surface area contributed by atoms with Gasteiger partial charge in [-0.3, -0.25) is 0 Å². The molecule has 0 heterocycles. The van der Waals surface area contributed by atoms with E-state index in [9.17, 15) is 13.2 Å². The third kappa shape index (κ3) is 3.42. The van der Waals surface area contributed by atoms with E-state index < -0.39 is 16.0 Å². The average molecular weight is 313 g/mol. The highest BCUT2D eigenvalue weighted by molar-refractivity contribution is 7.89. The van der Waals surface area contributed by atoms with Gasteiger partial charge in [0.2, 0.25) is 10.0 Å². The molecule has 1 saturated carbocycles. The van der Waals surface area contributed by atoms with Crippen LogP contribution >= 0.6 is 0 Å². The SMILES string of the molecule is O=C(O)c1ccc(S(=O)(=O)N(CCCO)C2CCC2)cc1. The highest BCUT2D eigenvalue weighted by atomic mass is 32.2. The Balaban J connectivity index is 2.26. The van der Waals surface area contributed by atoms with Gasteiger partial charge in [-0.05, 0) is 43.5 Å². The van der Waals surface area contributed by atoms with Crippen LogP contribution in [-0.2, 0) is 10.0 Å². The number of carboxylic acid groups (broad SMARTS) is 1. The summed E-state index contributed by atoms with van der Waals surface area (Å²) in [6.45, 7) is 0.223. The van der Waals surface area contributed by atoms with E-state index in [0.29, 0.717) is 6.42 Å². The van der Waals surface area contributed by atoms with Gasteiger partial charge in [0.1, 0.15) is 0 Å². The summed E-state index contributed by atoms with van der Waals surface area (Å²) in [6, 6.07) is 5.22. The van der Waals surface area contributed by atoms with Gasteiger partial charge in [-0.25, -0.2) is 13.2 Å². The van der Waals surface area contributed by atoms with Crippen molar-refractivity contribution in [1.82, 2.24) is 4.31 Å². The Morgan fingerprint density at radius 2 is 1.86 bits per heavy atom. The van der Waals surface area contributed by atoms with E-state index in [1.165, 1.54) is 28.6 Å². The summed E-state index contributed by atoms with van der Waals surface area (Å²) in [6.07, 6.45) is 3.06. The molecule has 0 amide bonds. The maximum Gasteiger partial charge on any atom is 0.335 e. The number of aliphatic hydroxyl groups excluding tert-OH is 1. The number of carbonyl (C=O) groups is 1. The van der Waals surface area contributed by atoms with Gasteiger partial charge in [-0.2, -0.15) is 4.31 Å². The second kappa shape index (κ2) is 6.55. The first-order valence-corrected chi connectivity index (χ1v) is 8.37. The highest BCUT2D eigenvalue weighted by Gasteiger charge is 2.34. The number of sulfonamides is 1. The van der Waals surface area contributed by atoms with E-state index in [1.807, 2.05) is 0 Å². The van der Waals surface area contributed by atoms with Crippen LogP contribution in [0.15, 0.2) is 29.2 Å². The fourth-order valence-electron chi connectivity index (χ4n) is 2.31. The lowest BCUT2D eigenvalue weighted by molar-refractivity contribution is 0.0696. The second-order valence-corrected chi connectivity index (χ2v) is 7.00. The molecular weight excluding hydrogens is 294 g/mol. The first-order chi connectivity index (χ1) is 9.96. The van der Waals surface area contributed by atoms with Crippen LogP contribution in [0.25, 0.3) is 0 Å². The molecule has 0 radical (unpaired) electrons. The lowest BCUT2D eigenvalue weighted by atomic mass is 9.93. The zero-order chi connectivity index (χ0) is 15.5. The number of benzene rings is 1. The number of aromatic carboxylic acids is 1. The largest absolute Gasteiger partial charge is 0.478 e. The first kappa shape index (κ1) is 15.9. The van der Waals surface area contributed by atoms with Gasteiger partial charge >= 0.3 is 5.97 Å². The van der Waals surface area contributed by atoms with Crippen molar-refractivity contribution >= 4 is 16.0 Å². The van der Waals surface area contributed by atoms with Crippen LogP contribution in [-0.4, -0.2) is 48.1 Å². The summed E-state index contributed by atoms with van der Waals surface area (Å²) in [5.41, 5.74) is 0.0551. The summed E-state index contributed by atoms with van der Waals surface area (Å²) in [5, 5.41) is 17.8. The van der Waals surface area contributed by atoms with Crippen LogP contribution in [0.4, 0.5) is 0 Å². The number of hydrogen-bond acceptors (Lipinski definition) is 4. The van der Waals surface area contributed by atoms with Crippen molar-refractivity contribution in [2.24, 2.45) is 0 Å². The molecule has 1 aliphatic carbocycles. The molecule has 1 aromatic rings. The molecule has 0 spiro atoms. The lowest BCUT2D eigenvalue weighted by Crippen LogP contribution is -2.44. The third-order valence-corrected chi connectivity index (χ3v) is 5.69. The van der Waals surface area contributed by atoms with Crippen molar-refractivity contribution in [2.75, 3.05) is 13.2 Å². The molecule has 21 heavy (non-hydrogen) atoms. The second-order valence-electron chi connectivity index (χ2n) is 5.11. The predicted octanol–water partition coefficient (Wildman–Crippen LogP) is 1.31. The quantitative estimate of drug-likeness (QED) is 0.791. The van der Waals surface area contributed by atoms with E-state index in [1.54, 1.807) is 0 Å². The van der Waals surface area contributed by atoms with Crippen LogP contribution in [0, 0.1) is 0 Å². The lowest BCUT2D eigenvalue weighted by Gasteiger charge is -2.36. The molecule has 0 saturated heterocycles. The van der Waals surface area contributed by atoms with Crippen LogP contribution in [0.1, 0.15) is 36.0 Å². The van der Waals surface area contributed by atoms with Crippen molar-refractivity contribution < 1.29 is 23.4 Å². The minimum Gasteiger partial charge on any atom is -0.478 e.